The van der Waals surface area contributed by atoms with Crippen molar-refractivity contribution in [2.75, 3.05) is 13.7 Å². The third-order valence-corrected chi connectivity index (χ3v) is 5.94. The largest absolute Gasteiger partial charge is 0.497 e. The molecule has 3 aromatic carbocycles. The molecule has 0 radical (unpaired) electrons. The summed E-state index contributed by atoms with van der Waals surface area (Å²) in [6, 6.07) is 21.7. The van der Waals surface area contributed by atoms with Gasteiger partial charge in [-0.25, -0.2) is 5.01 Å². The second-order valence-corrected chi connectivity index (χ2v) is 8.13. The van der Waals surface area contributed by atoms with Crippen LogP contribution in [-0.2, 0) is 0 Å². The molecular formula is C26H23ClN2O3. The van der Waals surface area contributed by atoms with Gasteiger partial charge in [-0.05, 0) is 72.3 Å². The zero-order chi connectivity index (χ0) is 22.1. The summed E-state index contributed by atoms with van der Waals surface area (Å²) < 4.78 is 17.3. The van der Waals surface area contributed by atoms with Crippen molar-refractivity contribution in [2.24, 2.45) is 5.10 Å². The molecule has 0 unspecified atom stereocenters. The highest BCUT2D eigenvalue weighted by Gasteiger charge is 2.41. The maximum atomic E-state index is 6.41. The molecule has 0 bridgehead atoms. The van der Waals surface area contributed by atoms with Gasteiger partial charge in [-0.15, -0.1) is 0 Å². The lowest BCUT2D eigenvalue weighted by Gasteiger charge is -2.38. The number of hydrazone groups is 1. The molecule has 3 aromatic rings. The normalized spacial score (nSPS) is 18.8. The fourth-order valence-electron chi connectivity index (χ4n) is 4.12. The van der Waals surface area contributed by atoms with Crippen molar-refractivity contribution in [3.8, 4) is 17.2 Å². The molecule has 162 valence electrons. The van der Waals surface area contributed by atoms with Gasteiger partial charge < -0.3 is 14.2 Å². The van der Waals surface area contributed by atoms with E-state index in [1.165, 1.54) is 0 Å². The van der Waals surface area contributed by atoms with Gasteiger partial charge in [0.1, 0.15) is 23.9 Å². The number of fused-ring (bicyclic) bond motifs is 3. The Labute approximate surface area is 192 Å². The predicted molar refractivity (Wildman–Crippen MR) is 126 cm³/mol. The maximum absolute atomic E-state index is 6.41. The lowest BCUT2D eigenvalue weighted by molar-refractivity contribution is -0.0190. The van der Waals surface area contributed by atoms with E-state index < -0.39 is 0 Å². The lowest BCUT2D eigenvalue weighted by Crippen LogP contribution is -2.33. The Kier molecular flexibility index (Phi) is 5.50. The van der Waals surface area contributed by atoms with Crippen LogP contribution < -0.4 is 14.2 Å². The van der Waals surface area contributed by atoms with Crippen molar-refractivity contribution >= 4 is 17.3 Å². The Morgan fingerprint density at radius 3 is 2.56 bits per heavy atom. The highest BCUT2D eigenvalue weighted by molar-refractivity contribution is 6.30. The number of nitrogens with zero attached hydrogens (tertiary/aromatic N) is 2. The first kappa shape index (κ1) is 20.5. The molecule has 2 heterocycles. The quantitative estimate of drug-likeness (QED) is 0.425. The molecule has 32 heavy (non-hydrogen) atoms. The smallest absolute Gasteiger partial charge is 0.213 e. The van der Waals surface area contributed by atoms with Crippen molar-refractivity contribution in [3.05, 3.63) is 101 Å². The van der Waals surface area contributed by atoms with E-state index in [-0.39, 0.29) is 12.3 Å². The zero-order valence-electron chi connectivity index (χ0n) is 17.7. The van der Waals surface area contributed by atoms with Gasteiger partial charge in [0.25, 0.3) is 0 Å². The third kappa shape index (κ3) is 3.80. The van der Waals surface area contributed by atoms with Crippen LogP contribution in [0.2, 0.25) is 5.02 Å². The summed E-state index contributed by atoms with van der Waals surface area (Å²) in [6.45, 7) is 4.16. The average Bonchev–Trinajstić information content (AvgIpc) is 3.29. The summed E-state index contributed by atoms with van der Waals surface area (Å²) in [4.78, 5) is 0. The molecule has 0 spiro atoms. The van der Waals surface area contributed by atoms with Crippen LogP contribution in [0.25, 0.3) is 0 Å². The van der Waals surface area contributed by atoms with Crippen LogP contribution in [0.4, 0.5) is 0 Å². The molecule has 2 aliphatic heterocycles. The summed E-state index contributed by atoms with van der Waals surface area (Å²) in [7, 11) is 1.67. The summed E-state index contributed by atoms with van der Waals surface area (Å²) in [5.41, 5.74) is 4.12. The van der Waals surface area contributed by atoms with Crippen LogP contribution in [0.3, 0.4) is 0 Å². The summed E-state index contributed by atoms with van der Waals surface area (Å²) >= 11 is 6.32. The molecular weight excluding hydrogens is 424 g/mol. The van der Waals surface area contributed by atoms with E-state index in [1.807, 2.05) is 71.7 Å². The molecule has 0 fully saturated rings. The fraction of sp³-hybridized carbons (Fsp3) is 0.192. The van der Waals surface area contributed by atoms with E-state index >= 15 is 0 Å². The molecule has 0 N–H and O–H groups in total. The van der Waals surface area contributed by atoms with Gasteiger partial charge in [0.15, 0.2) is 0 Å². The number of halogens is 1. The minimum Gasteiger partial charge on any atom is -0.497 e. The molecule has 5 rings (SSSR count). The van der Waals surface area contributed by atoms with E-state index in [0.717, 1.165) is 46.1 Å². The van der Waals surface area contributed by atoms with Gasteiger partial charge in [-0.3, -0.25) is 0 Å². The van der Waals surface area contributed by atoms with Gasteiger partial charge >= 0.3 is 0 Å². The minimum absolute atomic E-state index is 0.0382. The predicted octanol–water partition coefficient (Wildman–Crippen LogP) is 6.16. The molecule has 5 nitrogen and oxygen atoms in total. The van der Waals surface area contributed by atoms with Gasteiger partial charge in [-0.1, -0.05) is 24.3 Å². The maximum Gasteiger partial charge on any atom is 0.213 e. The molecule has 6 heteroatoms. The molecule has 2 atom stereocenters. The Bertz CT molecular complexity index is 1160. The van der Waals surface area contributed by atoms with E-state index in [9.17, 15) is 0 Å². The average molecular weight is 447 g/mol. The number of methoxy groups -OCH3 is 1. The van der Waals surface area contributed by atoms with E-state index in [1.54, 1.807) is 13.2 Å². The van der Waals surface area contributed by atoms with Crippen LogP contribution in [0.5, 0.6) is 17.2 Å². The van der Waals surface area contributed by atoms with Crippen molar-refractivity contribution in [2.45, 2.75) is 18.7 Å². The van der Waals surface area contributed by atoms with Gasteiger partial charge in [-0.2, -0.15) is 5.10 Å². The molecule has 0 amide bonds. The number of hydrogen-bond acceptors (Lipinski definition) is 5. The second kappa shape index (κ2) is 8.60. The number of benzene rings is 3. The minimum atomic E-state index is -0.349. The topological polar surface area (TPSA) is 43.3 Å². The van der Waals surface area contributed by atoms with Crippen LogP contribution in [0.15, 0.2) is 84.5 Å². The molecule has 0 saturated carbocycles. The van der Waals surface area contributed by atoms with E-state index in [2.05, 4.69) is 6.58 Å². The van der Waals surface area contributed by atoms with Crippen LogP contribution >= 0.6 is 11.6 Å². The molecule has 0 saturated heterocycles. The number of rotatable bonds is 6. The molecule has 2 aliphatic rings. The zero-order valence-corrected chi connectivity index (χ0v) is 18.5. The van der Waals surface area contributed by atoms with Crippen molar-refractivity contribution in [1.82, 2.24) is 5.01 Å². The van der Waals surface area contributed by atoms with Crippen molar-refractivity contribution in [3.63, 3.8) is 0 Å². The van der Waals surface area contributed by atoms with Crippen molar-refractivity contribution in [1.29, 1.82) is 0 Å². The van der Waals surface area contributed by atoms with E-state index in [0.29, 0.717) is 11.6 Å². The number of hydrogen-bond donors (Lipinski definition) is 0. The summed E-state index contributed by atoms with van der Waals surface area (Å²) in [6.07, 6.45) is 2.14. The van der Waals surface area contributed by atoms with E-state index in [4.69, 9.17) is 30.9 Å². The summed E-state index contributed by atoms with van der Waals surface area (Å²) in [5, 5.41) is 7.72. The first-order valence-corrected chi connectivity index (χ1v) is 10.8. The Morgan fingerprint density at radius 1 is 1.09 bits per heavy atom. The lowest BCUT2D eigenvalue weighted by atomic mass is 9.96. The summed E-state index contributed by atoms with van der Waals surface area (Å²) in [5.74, 6) is 2.44. The Morgan fingerprint density at radius 2 is 1.84 bits per heavy atom. The molecule has 0 aliphatic carbocycles. The first-order valence-electron chi connectivity index (χ1n) is 10.5. The van der Waals surface area contributed by atoms with Crippen LogP contribution in [0.1, 0.15) is 35.4 Å². The highest BCUT2D eigenvalue weighted by Crippen LogP contribution is 2.48. The fourth-order valence-corrected chi connectivity index (χ4v) is 4.30. The standard InChI is InChI=1S/C26H23ClN2O3/c1-3-14-31-21-11-6-18(7-12-21)26-29-24(22-15-19(27)8-13-25(22)32-26)16-23(28-29)17-4-9-20(30-2)10-5-17/h3-13,15,24,26H,1,14,16H2,2H3/t24-,26-/m0/s1. The first-order chi connectivity index (χ1) is 15.7. The SMILES string of the molecule is C=CCOc1ccc([C@@H]2Oc3ccc(Cl)cc3[C@@H]3CC(c4ccc(OC)cc4)=NN32)cc1. The Balaban J connectivity index is 1.51. The Hall–Kier alpha value is -3.44. The third-order valence-electron chi connectivity index (χ3n) is 5.71. The van der Waals surface area contributed by atoms with Crippen molar-refractivity contribution < 1.29 is 14.2 Å². The van der Waals surface area contributed by atoms with Gasteiger partial charge in [0.2, 0.25) is 6.23 Å². The molecule has 0 aromatic heterocycles. The second-order valence-electron chi connectivity index (χ2n) is 7.70. The van der Waals surface area contributed by atoms with Gasteiger partial charge in [0.05, 0.1) is 18.9 Å². The highest BCUT2D eigenvalue weighted by atomic mass is 35.5. The van der Waals surface area contributed by atoms with Crippen LogP contribution in [-0.4, -0.2) is 24.4 Å². The monoisotopic (exact) mass is 446 g/mol. The number of ether oxygens (including phenoxy) is 3. The van der Waals surface area contributed by atoms with Gasteiger partial charge in [0, 0.05) is 22.6 Å². The van der Waals surface area contributed by atoms with Crippen LogP contribution in [0, 0.1) is 0 Å².